The second-order valence-electron chi connectivity index (χ2n) is 5.07. The second kappa shape index (κ2) is 5.57. The number of halogens is 3. The summed E-state index contributed by atoms with van der Waals surface area (Å²) in [6.07, 6.45) is -2.67. The molecule has 1 aliphatic heterocycles. The zero-order valence-corrected chi connectivity index (χ0v) is 10.6. The summed E-state index contributed by atoms with van der Waals surface area (Å²) in [6.45, 7) is 5.32. The summed E-state index contributed by atoms with van der Waals surface area (Å²) in [5.41, 5.74) is 0.305. The van der Waals surface area contributed by atoms with Gasteiger partial charge in [-0.2, -0.15) is 13.2 Å². The maximum Gasteiger partial charge on any atom is 0.415 e. The Bertz CT molecular complexity index is 228. The van der Waals surface area contributed by atoms with Crippen molar-refractivity contribution in [2.45, 2.75) is 51.8 Å². The molecule has 17 heavy (non-hydrogen) atoms. The van der Waals surface area contributed by atoms with Crippen LogP contribution in [0.2, 0.25) is 0 Å². The Labute approximate surface area is 101 Å². The van der Waals surface area contributed by atoms with Crippen molar-refractivity contribution in [2.75, 3.05) is 19.6 Å². The van der Waals surface area contributed by atoms with Gasteiger partial charge in [-0.15, -0.1) is 0 Å². The fourth-order valence-corrected chi connectivity index (χ4v) is 2.52. The van der Waals surface area contributed by atoms with Crippen molar-refractivity contribution in [3.63, 3.8) is 0 Å². The van der Waals surface area contributed by atoms with E-state index in [0.717, 1.165) is 25.7 Å². The zero-order chi connectivity index (χ0) is 13.1. The number of hydrogen-bond donors (Lipinski definition) is 1. The Balaban J connectivity index is 2.42. The van der Waals surface area contributed by atoms with E-state index in [1.165, 1.54) is 0 Å². The summed E-state index contributed by atoms with van der Waals surface area (Å²) in [6, 6.07) is 0. The van der Waals surface area contributed by atoms with Crippen LogP contribution in [0.25, 0.3) is 0 Å². The van der Waals surface area contributed by atoms with Crippen LogP contribution in [0.3, 0.4) is 0 Å². The lowest BCUT2D eigenvalue weighted by Gasteiger charge is -2.41. The molecule has 1 rings (SSSR count). The summed E-state index contributed by atoms with van der Waals surface area (Å²) >= 11 is 0. The van der Waals surface area contributed by atoms with Gasteiger partial charge in [0.05, 0.1) is 0 Å². The molecule has 0 amide bonds. The van der Waals surface area contributed by atoms with E-state index in [9.17, 15) is 13.2 Å². The Morgan fingerprint density at radius 1 is 1.18 bits per heavy atom. The molecule has 1 atom stereocenters. The highest BCUT2D eigenvalue weighted by molar-refractivity contribution is 4.85. The first-order valence-electron chi connectivity index (χ1n) is 6.30. The third-order valence-corrected chi connectivity index (χ3v) is 4.23. The van der Waals surface area contributed by atoms with E-state index in [4.69, 9.17) is 5.11 Å². The minimum absolute atomic E-state index is 0.285. The average Bonchev–Trinajstić information content (AvgIpc) is 2.29. The molecular formula is C12H22F3NO. The lowest BCUT2D eigenvalue weighted by atomic mass is 9.74. The van der Waals surface area contributed by atoms with Gasteiger partial charge in [-0.25, -0.2) is 0 Å². The Hall–Kier alpha value is -0.290. The minimum Gasteiger partial charge on any atom is -0.382 e. The maximum absolute atomic E-state index is 12.2. The van der Waals surface area contributed by atoms with Gasteiger partial charge in [0.15, 0.2) is 6.10 Å². The third-order valence-electron chi connectivity index (χ3n) is 4.23. The lowest BCUT2D eigenvalue weighted by Crippen LogP contribution is -2.46. The highest BCUT2D eigenvalue weighted by Gasteiger charge is 2.40. The molecule has 0 aliphatic carbocycles. The molecule has 0 saturated carbocycles. The summed E-state index contributed by atoms with van der Waals surface area (Å²) in [5.74, 6) is 0. The highest BCUT2D eigenvalue weighted by Crippen LogP contribution is 2.38. The van der Waals surface area contributed by atoms with Gasteiger partial charge in [0, 0.05) is 6.54 Å². The molecule has 1 saturated heterocycles. The fourth-order valence-electron chi connectivity index (χ4n) is 2.52. The Morgan fingerprint density at radius 3 is 2.00 bits per heavy atom. The SMILES string of the molecule is CCC1(CC)CCN(CC(O)C(F)(F)F)CC1. The third kappa shape index (κ3) is 3.85. The van der Waals surface area contributed by atoms with Crippen LogP contribution in [-0.2, 0) is 0 Å². The van der Waals surface area contributed by atoms with Gasteiger partial charge in [0.2, 0.25) is 0 Å². The number of rotatable bonds is 4. The molecule has 0 bridgehead atoms. The molecule has 102 valence electrons. The molecule has 1 fully saturated rings. The average molecular weight is 253 g/mol. The lowest BCUT2D eigenvalue weighted by molar-refractivity contribution is -0.209. The standard InChI is InChI=1S/C12H22F3NO/c1-3-11(4-2)5-7-16(8-6-11)9-10(17)12(13,14)15/h10,17H,3-9H2,1-2H3. The van der Waals surface area contributed by atoms with Crippen LogP contribution in [0.5, 0.6) is 0 Å². The number of aliphatic hydroxyl groups is 1. The smallest absolute Gasteiger partial charge is 0.382 e. The Morgan fingerprint density at radius 2 is 1.65 bits per heavy atom. The quantitative estimate of drug-likeness (QED) is 0.832. The van der Waals surface area contributed by atoms with Crippen LogP contribution < -0.4 is 0 Å². The highest BCUT2D eigenvalue weighted by atomic mass is 19.4. The molecule has 1 heterocycles. The van der Waals surface area contributed by atoms with Crippen molar-refractivity contribution in [2.24, 2.45) is 5.41 Å². The molecule has 0 aromatic rings. The van der Waals surface area contributed by atoms with E-state index in [1.54, 1.807) is 4.90 Å². The van der Waals surface area contributed by atoms with Crippen LogP contribution >= 0.6 is 0 Å². The van der Waals surface area contributed by atoms with E-state index in [-0.39, 0.29) is 6.54 Å². The Kier molecular flexibility index (Phi) is 4.84. The van der Waals surface area contributed by atoms with Gasteiger partial charge in [-0.1, -0.05) is 26.7 Å². The van der Waals surface area contributed by atoms with E-state index in [0.29, 0.717) is 18.5 Å². The van der Waals surface area contributed by atoms with Gasteiger partial charge in [0.1, 0.15) is 0 Å². The topological polar surface area (TPSA) is 23.5 Å². The number of hydrogen-bond acceptors (Lipinski definition) is 2. The largest absolute Gasteiger partial charge is 0.415 e. The first kappa shape index (κ1) is 14.8. The van der Waals surface area contributed by atoms with Crippen LogP contribution in [0.4, 0.5) is 13.2 Å². The van der Waals surface area contributed by atoms with Crippen molar-refractivity contribution in [1.29, 1.82) is 0 Å². The maximum atomic E-state index is 12.2. The number of alkyl halides is 3. The zero-order valence-electron chi connectivity index (χ0n) is 10.6. The van der Waals surface area contributed by atoms with Crippen molar-refractivity contribution < 1.29 is 18.3 Å². The molecule has 1 aliphatic rings. The molecule has 0 aromatic carbocycles. The van der Waals surface area contributed by atoms with Gasteiger partial charge in [-0.05, 0) is 31.3 Å². The van der Waals surface area contributed by atoms with Crippen LogP contribution in [-0.4, -0.2) is 41.9 Å². The molecule has 2 nitrogen and oxygen atoms in total. The number of aliphatic hydroxyl groups excluding tert-OH is 1. The predicted octanol–water partition coefficient (Wildman–Crippen LogP) is 2.81. The minimum atomic E-state index is -4.50. The summed E-state index contributed by atoms with van der Waals surface area (Å²) < 4.78 is 36.6. The molecular weight excluding hydrogens is 231 g/mol. The number of piperidine rings is 1. The van der Waals surface area contributed by atoms with Crippen molar-refractivity contribution in [3.8, 4) is 0 Å². The van der Waals surface area contributed by atoms with E-state index in [1.807, 2.05) is 0 Å². The summed E-state index contributed by atoms with van der Waals surface area (Å²) in [4.78, 5) is 1.72. The van der Waals surface area contributed by atoms with Gasteiger partial charge >= 0.3 is 6.18 Å². The van der Waals surface area contributed by atoms with E-state index >= 15 is 0 Å². The molecule has 0 radical (unpaired) electrons. The molecule has 5 heteroatoms. The summed E-state index contributed by atoms with van der Waals surface area (Å²) in [7, 11) is 0. The summed E-state index contributed by atoms with van der Waals surface area (Å²) in [5, 5.41) is 9.02. The molecule has 1 N–H and O–H groups in total. The van der Waals surface area contributed by atoms with E-state index in [2.05, 4.69) is 13.8 Å². The van der Waals surface area contributed by atoms with Crippen molar-refractivity contribution in [1.82, 2.24) is 4.90 Å². The second-order valence-corrected chi connectivity index (χ2v) is 5.07. The van der Waals surface area contributed by atoms with Crippen LogP contribution in [0.1, 0.15) is 39.5 Å². The number of nitrogens with zero attached hydrogens (tertiary/aromatic N) is 1. The van der Waals surface area contributed by atoms with Gasteiger partial charge in [0.25, 0.3) is 0 Å². The van der Waals surface area contributed by atoms with Gasteiger partial charge in [-0.3, -0.25) is 0 Å². The number of β-amino-alcohol motifs (C(OH)–C–C–N with tert-alkyl or cyclic N) is 1. The first-order valence-corrected chi connectivity index (χ1v) is 6.30. The molecule has 0 aromatic heterocycles. The first-order chi connectivity index (χ1) is 7.83. The van der Waals surface area contributed by atoms with Crippen molar-refractivity contribution in [3.05, 3.63) is 0 Å². The molecule has 0 spiro atoms. The van der Waals surface area contributed by atoms with Gasteiger partial charge < -0.3 is 10.0 Å². The fraction of sp³-hybridized carbons (Fsp3) is 1.00. The molecule has 1 unspecified atom stereocenters. The number of likely N-dealkylation sites (tertiary alicyclic amines) is 1. The monoisotopic (exact) mass is 253 g/mol. The normalized spacial score (nSPS) is 23.6. The van der Waals surface area contributed by atoms with Crippen LogP contribution in [0.15, 0.2) is 0 Å². The van der Waals surface area contributed by atoms with Crippen molar-refractivity contribution >= 4 is 0 Å². The van der Waals surface area contributed by atoms with E-state index < -0.39 is 12.3 Å². The van der Waals surface area contributed by atoms with Crippen LogP contribution in [0, 0.1) is 5.41 Å². The predicted molar refractivity (Wildman–Crippen MR) is 60.8 cm³/mol.